The number of halogens is 3. The number of rotatable bonds is 11. The van der Waals surface area contributed by atoms with E-state index >= 15 is 0 Å². The van der Waals surface area contributed by atoms with Crippen LogP contribution < -0.4 is 16.4 Å². The van der Waals surface area contributed by atoms with E-state index in [2.05, 4.69) is 10.6 Å². The first-order chi connectivity index (χ1) is 15.2. The lowest BCUT2D eigenvalue weighted by atomic mass is 9.99. The monoisotopic (exact) mass is 517 g/mol. The van der Waals surface area contributed by atoms with Gasteiger partial charge >= 0.3 is 12.1 Å². The van der Waals surface area contributed by atoms with Gasteiger partial charge in [0, 0.05) is 17.7 Å². The second-order valence-electron chi connectivity index (χ2n) is 9.17. The third-order valence-corrected chi connectivity index (χ3v) is 4.87. The molecule has 0 aromatic rings. The molecular weight excluding hydrogens is 479 g/mol. The Hall–Kier alpha value is -2.15. The minimum atomic E-state index is -5.08. The summed E-state index contributed by atoms with van der Waals surface area (Å²) in [6.45, 7) is 11.6. The van der Waals surface area contributed by atoms with E-state index in [4.69, 9.17) is 15.6 Å². The Kier molecular flexibility index (Phi) is 15.0. The van der Waals surface area contributed by atoms with Crippen LogP contribution in [0.15, 0.2) is 11.5 Å². The smallest absolute Gasteiger partial charge is 0.475 e. The summed E-state index contributed by atoms with van der Waals surface area (Å²) in [5, 5.41) is 13.8. The van der Waals surface area contributed by atoms with Gasteiger partial charge in [0.15, 0.2) is 9.84 Å². The number of hydrogen-bond donors (Lipinski definition) is 4. The van der Waals surface area contributed by atoms with E-state index < -0.39 is 40.1 Å². The molecule has 0 aliphatic heterocycles. The molecule has 3 atom stereocenters. The Bertz CT molecular complexity index is 796. The number of amides is 2. The first-order valence-electron chi connectivity index (χ1n) is 10.7. The van der Waals surface area contributed by atoms with Crippen LogP contribution in [0.25, 0.3) is 0 Å². The van der Waals surface area contributed by atoms with Gasteiger partial charge in [-0.2, -0.15) is 13.2 Å². The van der Waals surface area contributed by atoms with Crippen molar-refractivity contribution in [3.8, 4) is 0 Å². The number of aliphatic carboxylic acids is 1. The highest BCUT2D eigenvalue weighted by atomic mass is 32.2. The molecule has 0 saturated heterocycles. The van der Waals surface area contributed by atoms with Crippen molar-refractivity contribution < 1.29 is 41.1 Å². The van der Waals surface area contributed by atoms with E-state index in [-0.39, 0.29) is 29.6 Å². The van der Waals surface area contributed by atoms with Gasteiger partial charge in [-0.3, -0.25) is 9.59 Å². The largest absolute Gasteiger partial charge is 0.490 e. The van der Waals surface area contributed by atoms with E-state index in [1.807, 2.05) is 41.5 Å². The van der Waals surface area contributed by atoms with Gasteiger partial charge in [0.25, 0.3) is 0 Å². The van der Waals surface area contributed by atoms with Crippen molar-refractivity contribution >= 4 is 27.6 Å². The van der Waals surface area contributed by atoms with E-state index in [1.165, 1.54) is 6.08 Å². The van der Waals surface area contributed by atoms with Crippen molar-refractivity contribution in [2.75, 3.05) is 6.26 Å². The molecular formula is C21H38F3N3O6S. The van der Waals surface area contributed by atoms with Gasteiger partial charge in [-0.1, -0.05) is 47.6 Å². The molecule has 0 aliphatic carbocycles. The standard InChI is InChI=1S/C19H37N3O4S.C2HF3O2/c1-12(2)10-15(8-9-27(7,25)26)21-18(23)16(11-13(3)4)22-19(24)17(20)14(5)6;3-2(4,5)1(6)7/h8-9,12-17H,10-11,20H2,1-7H3,(H,21,23)(H,22,24);(H,6,7)/b9-8+;/t15-,16+,17+;/m1./s1. The number of nitrogens with two attached hydrogens (primary N) is 1. The highest BCUT2D eigenvalue weighted by molar-refractivity contribution is 7.93. The fraction of sp³-hybridized carbons (Fsp3) is 0.762. The molecule has 0 fully saturated rings. The van der Waals surface area contributed by atoms with Crippen LogP contribution in [0.1, 0.15) is 54.4 Å². The minimum absolute atomic E-state index is 0.0425. The summed E-state index contributed by atoms with van der Waals surface area (Å²) in [4.78, 5) is 34.0. The van der Waals surface area contributed by atoms with Crippen molar-refractivity contribution in [2.24, 2.45) is 23.5 Å². The van der Waals surface area contributed by atoms with Crippen LogP contribution >= 0.6 is 0 Å². The average Bonchev–Trinajstić information content (AvgIpc) is 2.62. The van der Waals surface area contributed by atoms with Gasteiger partial charge in [-0.05, 0) is 30.6 Å². The lowest BCUT2D eigenvalue weighted by Gasteiger charge is -2.25. The van der Waals surface area contributed by atoms with Gasteiger partial charge in [0.2, 0.25) is 11.8 Å². The van der Waals surface area contributed by atoms with Crippen LogP contribution in [-0.4, -0.2) is 61.9 Å². The number of carbonyl (C=O) groups excluding carboxylic acids is 2. The summed E-state index contributed by atoms with van der Waals surface area (Å²) in [6.07, 6.45) is -1.44. The third-order valence-electron chi connectivity index (χ3n) is 4.21. The van der Waals surface area contributed by atoms with Gasteiger partial charge in [0.05, 0.1) is 6.04 Å². The second-order valence-corrected chi connectivity index (χ2v) is 11.1. The van der Waals surface area contributed by atoms with Crippen molar-refractivity contribution in [3.63, 3.8) is 0 Å². The lowest BCUT2D eigenvalue weighted by molar-refractivity contribution is -0.192. The quantitative estimate of drug-likeness (QED) is 0.327. The molecule has 0 saturated carbocycles. The van der Waals surface area contributed by atoms with Crippen LogP contribution in [0.2, 0.25) is 0 Å². The molecule has 2 amide bonds. The Morgan fingerprint density at radius 2 is 1.38 bits per heavy atom. The van der Waals surface area contributed by atoms with E-state index in [0.717, 1.165) is 11.7 Å². The van der Waals surface area contributed by atoms with Gasteiger partial charge < -0.3 is 21.5 Å². The SMILES string of the molecule is CC(C)C[C@@H](/C=C/S(C)(=O)=O)NC(=O)[C@H](CC(C)C)NC(=O)[C@@H](N)C(C)C.O=C(O)C(F)(F)F. The number of nitrogens with one attached hydrogen (secondary N) is 2. The number of hydrogen-bond acceptors (Lipinski definition) is 6. The lowest BCUT2D eigenvalue weighted by Crippen LogP contribution is -2.54. The summed E-state index contributed by atoms with van der Waals surface area (Å²) in [7, 11) is -3.29. The number of sulfone groups is 1. The Labute approximate surface area is 199 Å². The number of carboxylic acids is 1. The second kappa shape index (κ2) is 15.0. The first kappa shape index (κ1) is 34.0. The summed E-state index contributed by atoms with van der Waals surface area (Å²) in [5.74, 6) is -3.06. The molecule has 0 spiro atoms. The van der Waals surface area contributed by atoms with Gasteiger partial charge in [-0.25, -0.2) is 13.2 Å². The highest BCUT2D eigenvalue weighted by Gasteiger charge is 2.38. The van der Waals surface area contributed by atoms with Crippen molar-refractivity contribution in [2.45, 2.75) is 78.7 Å². The van der Waals surface area contributed by atoms with Crippen molar-refractivity contribution in [3.05, 3.63) is 11.5 Å². The van der Waals surface area contributed by atoms with Crippen LogP contribution in [0, 0.1) is 17.8 Å². The first-order valence-corrected chi connectivity index (χ1v) is 12.7. The van der Waals surface area contributed by atoms with Crippen LogP contribution in [-0.2, 0) is 24.2 Å². The number of carboxylic acid groups (broad SMARTS) is 1. The summed E-state index contributed by atoms with van der Waals surface area (Å²) in [6, 6.07) is -1.84. The number of carbonyl (C=O) groups is 3. The molecule has 0 radical (unpaired) electrons. The molecule has 0 unspecified atom stereocenters. The predicted molar refractivity (Wildman–Crippen MR) is 123 cm³/mol. The maximum absolute atomic E-state index is 12.8. The molecule has 34 heavy (non-hydrogen) atoms. The zero-order chi connectivity index (χ0) is 27.4. The van der Waals surface area contributed by atoms with Crippen molar-refractivity contribution in [1.29, 1.82) is 0 Å². The normalized spacial score (nSPS) is 15.0. The van der Waals surface area contributed by atoms with Crippen LogP contribution in [0.4, 0.5) is 13.2 Å². The minimum Gasteiger partial charge on any atom is -0.475 e. The molecule has 13 heteroatoms. The number of alkyl halides is 3. The Balaban J connectivity index is 0. The molecule has 0 rings (SSSR count). The predicted octanol–water partition coefficient (Wildman–Crippen LogP) is 2.22. The molecule has 0 aromatic heterocycles. The molecule has 0 bridgehead atoms. The fourth-order valence-electron chi connectivity index (χ4n) is 2.49. The van der Waals surface area contributed by atoms with E-state index in [0.29, 0.717) is 12.8 Å². The highest BCUT2D eigenvalue weighted by Crippen LogP contribution is 2.13. The fourth-order valence-corrected chi connectivity index (χ4v) is 2.96. The van der Waals surface area contributed by atoms with Gasteiger partial charge in [0.1, 0.15) is 6.04 Å². The Morgan fingerprint density at radius 1 is 0.941 bits per heavy atom. The molecule has 200 valence electrons. The molecule has 0 aromatic carbocycles. The molecule has 0 aliphatic rings. The maximum atomic E-state index is 12.8. The molecule has 0 heterocycles. The summed E-state index contributed by atoms with van der Waals surface area (Å²) in [5.41, 5.74) is 5.88. The molecule has 5 N–H and O–H groups in total. The zero-order valence-corrected chi connectivity index (χ0v) is 21.5. The van der Waals surface area contributed by atoms with Gasteiger partial charge in [-0.15, -0.1) is 0 Å². The third kappa shape index (κ3) is 17.3. The Morgan fingerprint density at radius 3 is 1.71 bits per heavy atom. The van der Waals surface area contributed by atoms with Crippen LogP contribution in [0.3, 0.4) is 0 Å². The maximum Gasteiger partial charge on any atom is 0.490 e. The zero-order valence-electron chi connectivity index (χ0n) is 20.6. The van der Waals surface area contributed by atoms with E-state index in [1.54, 1.807) is 0 Å². The average molecular weight is 518 g/mol. The van der Waals surface area contributed by atoms with E-state index in [9.17, 15) is 31.2 Å². The molecule has 9 nitrogen and oxygen atoms in total. The topological polar surface area (TPSA) is 156 Å². The van der Waals surface area contributed by atoms with Crippen molar-refractivity contribution in [1.82, 2.24) is 10.6 Å². The summed E-state index contributed by atoms with van der Waals surface area (Å²) >= 11 is 0. The summed E-state index contributed by atoms with van der Waals surface area (Å²) < 4.78 is 54.5. The van der Waals surface area contributed by atoms with Crippen LogP contribution in [0.5, 0.6) is 0 Å².